The van der Waals surface area contributed by atoms with E-state index in [2.05, 4.69) is 15.6 Å². The van der Waals surface area contributed by atoms with Gasteiger partial charge in [-0.1, -0.05) is 49.4 Å². The number of rotatable bonds is 5. The number of nitrogens with zero attached hydrogens (tertiary/aromatic N) is 1. The van der Waals surface area contributed by atoms with Crippen LogP contribution < -0.4 is 10.6 Å². The van der Waals surface area contributed by atoms with E-state index in [-0.39, 0.29) is 5.91 Å². The zero-order valence-corrected chi connectivity index (χ0v) is 15.1. The molecule has 1 heterocycles. The highest BCUT2D eigenvalue weighted by molar-refractivity contribution is 6.30. The highest BCUT2D eigenvalue weighted by atomic mass is 35.5. The second kappa shape index (κ2) is 8.86. The van der Waals surface area contributed by atoms with Crippen LogP contribution >= 0.6 is 11.6 Å². The van der Waals surface area contributed by atoms with Gasteiger partial charge in [0, 0.05) is 23.8 Å². The van der Waals surface area contributed by atoms with Gasteiger partial charge in [0.1, 0.15) is 5.82 Å². The summed E-state index contributed by atoms with van der Waals surface area (Å²) in [6.07, 6.45) is 9.26. The Labute approximate surface area is 154 Å². The van der Waals surface area contributed by atoms with Crippen LogP contribution in [0.3, 0.4) is 0 Å². The Balaban J connectivity index is 1.52. The van der Waals surface area contributed by atoms with E-state index in [1.807, 2.05) is 36.4 Å². The number of anilines is 1. The summed E-state index contributed by atoms with van der Waals surface area (Å²) < 4.78 is 0. The van der Waals surface area contributed by atoms with Gasteiger partial charge in [0.15, 0.2) is 0 Å². The highest BCUT2D eigenvalue weighted by Gasteiger charge is 2.13. The van der Waals surface area contributed by atoms with Gasteiger partial charge in [-0.2, -0.15) is 0 Å². The number of nitrogens with one attached hydrogen (secondary N) is 2. The first kappa shape index (κ1) is 17.7. The van der Waals surface area contributed by atoms with Gasteiger partial charge < -0.3 is 10.6 Å². The number of pyridine rings is 1. The molecule has 1 saturated carbocycles. The first-order valence-electron chi connectivity index (χ1n) is 8.96. The van der Waals surface area contributed by atoms with Crippen molar-refractivity contribution >= 4 is 23.3 Å². The van der Waals surface area contributed by atoms with Crippen LogP contribution in [0, 0.1) is 0 Å². The molecule has 132 valence electrons. The van der Waals surface area contributed by atoms with Crippen LogP contribution in [0.4, 0.5) is 5.82 Å². The molecular formula is C20H24ClN3O. The summed E-state index contributed by atoms with van der Waals surface area (Å²) in [5, 5.41) is 7.09. The number of benzene rings is 1. The van der Waals surface area contributed by atoms with Crippen molar-refractivity contribution < 1.29 is 4.79 Å². The van der Waals surface area contributed by atoms with E-state index in [1.165, 1.54) is 38.5 Å². The lowest BCUT2D eigenvalue weighted by atomic mass is 10.1. The van der Waals surface area contributed by atoms with E-state index in [9.17, 15) is 4.79 Å². The molecule has 5 heteroatoms. The van der Waals surface area contributed by atoms with E-state index in [0.717, 1.165) is 11.4 Å². The van der Waals surface area contributed by atoms with Crippen LogP contribution in [-0.4, -0.2) is 16.9 Å². The molecule has 0 bridgehead atoms. The number of carbonyl (C=O) groups is 1. The molecule has 1 aliphatic rings. The third-order valence-corrected chi connectivity index (χ3v) is 4.85. The minimum Gasteiger partial charge on any atom is -0.367 e. The molecule has 4 nitrogen and oxygen atoms in total. The van der Waals surface area contributed by atoms with E-state index in [1.54, 1.807) is 6.20 Å². The van der Waals surface area contributed by atoms with Gasteiger partial charge in [-0.15, -0.1) is 0 Å². The standard InChI is InChI=1S/C20H24ClN3O/c21-17-10-7-15(8-11-17)13-23-20(25)16-9-12-19(22-14-16)24-18-5-3-1-2-4-6-18/h7-12,14,18H,1-6,13H2,(H,22,24)(H,23,25). The maximum absolute atomic E-state index is 12.2. The Bertz CT molecular complexity index is 677. The van der Waals surface area contributed by atoms with Gasteiger partial charge >= 0.3 is 0 Å². The van der Waals surface area contributed by atoms with E-state index in [0.29, 0.717) is 23.2 Å². The smallest absolute Gasteiger partial charge is 0.253 e. The topological polar surface area (TPSA) is 54.0 Å². The first-order chi connectivity index (χ1) is 12.2. The summed E-state index contributed by atoms with van der Waals surface area (Å²) in [5.74, 6) is 0.726. The maximum Gasteiger partial charge on any atom is 0.253 e. The molecule has 3 rings (SSSR count). The highest BCUT2D eigenvalue weighted by Crippen LogP contribution is 2.20. The molecule has 0 spiro atoms. The summed E-state index contributed by atoms with van der Waals surface area (Å²) in [6.45, 7) is 0.470. The number of carbonyl (C=O) groups excluding carboxylic acids is 1. The lowest BCUT2D eigenvalue weighted by Gasteiger charge is -2.16. The van der Waals surface area contributed by atoms with Crippen LogP contribution in [0.25, 0.3) is 0 Å². The van der Waals surface area contributed by atoms with Crippen LogP contribution in [0.5, 0.6) is 0 Å². The van der Waals surface area contributed by atoms with Crippen LogP contribution in [0.1, 0.15) is 54.4 Å². The van der Waals surface area contributed by atoms with Crippen molar-refractivity contribution in [3.8, 4) is 0 Å². The SMILES string of the molecule is O=C(NCc1ccc(Cl)cc1)c1ccc(NC2CCCCCC2)nc1. The predicted molar refractivity (Wildman–Crippen MR) is 102 cm³/mol. The van der Waals surface area contributed by atoms with Crippen molar-refractivity contribution in [3.05, 3.63) is 58.7 Å². The Morgan fingerprint density at radius 3 is 2.40 bits per heavy atom. The van der Waals surface area contributed by atoms with E-state index < -0.39 is 0 Å². The van der Waals surface area contributed by atoms with Gasteiger partial charge in [0.2, 0.25) is 0 Å². The van der Waals surface area contributed by atoms with Crippen molar-refractivity contribution in [1.29, 1.82) is 0 Å². The number of halogens is 1. The maximum atomic E-state index is 12.2. The Morgan fingerprint density at radius 2 is 1.76 bits per heavy atom. The first-order valence-corrected chi connectivity index (χ1v) is 9.34. The summed E-state index contributed by atoms with van der Waals surface area (Å²) in [5.41, 5.74) is 1.58. The third kappa shape index (κ3) is 5.46. The minimum atomic E-state index is -0.122. The molecule has 0 aliphatic heterocycles. The van der Waals surface area contributed by atoms with Crippen molar-refractivity contribution in [2.45, 2.75) is 51.1 Å². The lowest BCUT2D eigenvalue weighted by molar-refractivity contribution is 0.0950. The van der Waals surface area contributed by atoms with Crippen LogP contribution in [-0.2, 0) is 6.54 Å². The minimum absolute atomic E-state index is 0.122. The molecule has 1 aromatic carbocycles. The van der Waals surface area contributed by atoms with Gasteiger partial charge in [0.25, 0.3) is 5.91 Å². The largest absolute Gasteiger partial charge is 0.367 e. The number of aromatic nitrogens is 1. The molecule has 1 aromatic heterocycles. The summed E-state index contributed by atoms with van der Waals surface area (Å²) in [6, 6.07) is 11.7. The number of hydrogen-bond donors (Lipinski definition) is 2. The zero-order valence-electron chi connectivity index (χ0n) is 14.3. The summed E-state index contributed by atoms with van der Waals surface area (Å²) in [4.78, 5) is 16.6. The van der Waals surface area contributed by atoms with Gasteiger partial charge in [-0.25, -0.2) is 4.98 Å². The normalized spacial score (nSPS) is 15.4. The third-order valence-electron chi connectivity index (χ3n) is 4.60. The second-order valence-corrected chi connectivity index (χ2v) is 7.01. The summed E-state index contributed by atoms with van der Waals surface area (Å²) >= 11 is 5.86. The second-order valence-electron chi connectivity index (χ2n) is 6.57. The molecule has 0 saturated heterocycles. The van der Waals surface area contributed by atoms with E-state index in [4.69, 9.17) is 11.6 Å². The predicted octanol–water partition coefficient (Wildman–Crippen LogP) is 4.80. The monoisotopic (exact) mass is 357 g/mol. The molecule has 0 radical (unpaired) electrons. The molecule has 1 aliphatic carbocycles. The fourth-order valence-corrected chi connectivity index (χ4v) is 3.26. The van der Waals surface area contributed by atoms with Crippen LogP contribution in [0.15, 0.2) is 42.6 Å². The molecule has 2 N–H and O–H groups in total. The molecule has 0 unspecified atom stereocenters. The van der Waals surface area contributed by atoms with Crippen molar-refractivity contribution in [1.82, 2.24) is 10.3 Å². The van der Waals surface area contributed by atoms with Gasteiger partial charge in [-0.05, 0) is 42.7 Å². The molecule has 1 fully saturated rings. The van der Waals surface area contributed by atoms with Gasteiger partial charge in [0.05, 0.1) is 5.56 Å². The van der Waals surface area contributed by atoms with Crippen molar-refractivity contribution in [2.24, 2.45) is 0 Å². The average Bonchev–Trinajstić information content (AvgIpc) is 2.90. The van der Waals surface area contributed by atoms with Gasteiger partial charge in [-0.3, -0.25) is 4.79 Å². The molecule has 1 amide bonds. The Hall–Kier alpha value is -2.07. The van der Waals surface area contributed by atoms with Crippen molar-refractivity contribution in [2.75, 3.05) is 5.32 Å². The molecule has 25 heavy (non-hydrogen) atoms. The summed E-state index contributed by atoms with van der Waals surface area (Å²) in [7, 11) is 0. The van der Waals surface area contributed by atoms with Crippen LogP contribution in [0.2, 0.25) is 5.02 Å². The molecule has 2 aromatic rings. The number of hydrogen-bond acceptors (Lipinski definition) is 3. The zero-order chi connectivity index (χ0) is 17.5. The fourth-order valence-electron chi connectivity index (χ4n) is 3.13. The Morgan fingerprint density at radius 1 is 1.04 bits per heavy atom. The fraction of sp³-hybridized carbons (Fsp3) is 0.400. The number of amides is 1. The Kier molecular flexibility index (Phi) is 6.29. The van der Waals surface area contributed by atoms with Crippen molar-refractivity contribution in [3.63, 3.8) is 0 Å². The lowest BCUT2D eigenvalue weighted by Crippen LogP contribution is -2.23. The molecular weight excluding hydrogens is 334 g/mol. The van der Waals surface area contributed by atoms with E-state index >= 15 is 0 Å². The average molecular weight is 358 g/mol. The quantitative estimate of drug-likeness (QED) is 0.756. The molecule has 0 atom stereocenters.